The smallest absolute Gasteiger partial charge is 0.385 e. The lowest BCUT2D eigenvalue weighted by molar-refractivity contribution is 0.229. The number of hydrogen-bond acceptors (Lipinski definition) is 7. The summed E-state index contributed by atoms with van der Waals surface area (Å²) in [7, 11) is -2.04. The third-order valence-electron chi connectivity index (χ3n) is 5.32. The summed E-state index contributed by atoms with van der Waals surface area (Å²) in [6, 6.07) is 22.0. The number of nitrogens with zero attached hydrogens (tertiary/aromatic N) is 1. The molecule has 1 heterocycles. The van der Waals surface area contributed by atoms with Gasteiger partial charge in [0.15, 0.2) is 0 Å². The SMILES string of the molecule is CCOP(=O)(OCC)c1nc(Cc2cccc3ccccc23)oc1NCc1cccc(OC)c1. The zero-order valence-electron chi connectivity index (χ0n) is 19.6. The molecular formula is C26H29N2O5P. The third kappa shape index (κ3) is 5.33. The summed E-state index contributed by atoms with van der Waals surface area (Å²) in [5, 5.41) is 5.49. The van der Waals surface area contributed by atoms with E-state index in [2.05, 4.69) is 28.5 Å². The second-order valence-corrected chi connectivity index (χ2v) is 9.55. The van der Waals surface area contributed by atoms with Gasteiger partial charge in [-0.1, -0.05) is 54.6 Å². The van der Waals surface area contributed by atoms with Gasteiger partial charge in [-0.25, -0.2) is 4.98 Å². The van der Waals surface area contributed by atoms with Crippen molar-refractivity contribution in [3.05, 3.63) is 83.7 Å². The second-order valence-electron chi connectivity index (χ2n) is 7.61. The summed E-state index contributed by atoms with van der Waals surface area (Å²) in [6.07, 6.45) is 0.438. The fourth-order valence-corrected chi connectivity index (χ4v) is 5.41. The minimum Gasteiger partial charge on any atom is -0.497 e. The molecule has 0 unspecified atom stereocenters. The molecule has 0 aliphatic carbocycles. The molecule has 178 valence electrons. The van der Waals surface area contributed by atoms with E-state index in [1.807, 2.05) is 48.5 Å². The Morgan fingerprint density at radius 3 is 2.47 bits per heavy atom. The van der Waals surface area contributed by atoms with Crippen molar-refractivity contribution >= 4 is 29.7 Å². The first kappa shape index (κ1) is 24.0. The number of anilines is 1. The highest BCUT2D eigenvalue weighted by atomic mass is 31.2. The molecule has 4 aromatic rings. The minimum absolute atomic E-state index is 0.161. The summed E-state index contributed by atoms with van der Waals surface area (Å²) in [5.74, 6) is 1.46. The van der Waals surface area contributed by atoms with Gasteiger partial charge in [0.1, 0.15) is 5.75 Å². The van der Waals surface area contributed by atoms with Crippen LogP contribution in [0, 0.1) is 0 Å². The normalized spacial score (nSPS) is 11.6. The zero-order valence-corrected chi connectivity index (χ0v) is 20.5. The molecule has 0 amide bonds. The first-order valence-electron chi connectivity index (χ1n) is 11.3. The Kier molecular flexibility index (Phi) is 7.68. The number of ether oxygens (including phenoxy) is 1. The Hall–Kier alpha value is -3.12. The van der Waals surface area contributed by atoms with Crippen molar-refractivity contribution in [2.75, 3.05) is 25.6 Å². The lowest BCUT2D eigenvalue weighted by Crippen LogP contribution is -2.16. The lowest BCUT2D eigenvalue weighted by Gasteiger charge is -2.15. The van der Waals surface area contributed by atoms with Gasteiger partial charge in [0.25, 0.3) is 0 Å². The minimum atomic E-state index is -3.67. The number of aromatic nitrogens is 1. The molecule has 1 aromatic heterocycles. The van der Waals surface area contributed by atoms with E-state index in [-0.39, 0.29) is 24.5 Å². The molecule has 34 heavy (non-hydrogen) atoms. The first-order valence-corrected chi connectivity index (χ1v) is 12.8. The van der Waals surface area contributed by atoms with Gasteiger partial charge in [-0.05, 0) is 47.9 Å². The Labute approximate surface area is 199 Å². The van der Waals surface area contributed by atoms with Crippen LogP contribution >= 0.6 is 7.60 Å². The predicted molar refractivity (Wildman–Crippen MR) is 134 cm³/mol. The van der Waals surface area contributed by atoms with Crippen LogP contribution in [0.15, 0.2) is 71.1 Å². The van der Waals surface area contributed by atoms with Crippen molar-refractivity contribution in [3.8, 4) is 5.75 Å². The highest BCUT2D eigenvalue weighted by Gasteiger charge is 2.35. The molecule has 0 saturated heterocycles. The van der Waals surface area contributed by atoms with Gasteiger partial charge in [0, 0.05) is 6.54 Å². The average Bonchev–Trinajstić information content (AvgIpc) is 3.27. The van der Waals surface area contributed by atoms with E-state index in [4.69, 9.17) is 18.2 Å². The summed E-state index contributed by atoms with van der Waals surface area (Å²) in [6.45, 7) is 4.40. The van der Waals surface area contributed by atoms with Crippen LogP contribution in [0.2, 0.25) is 0 Å². The van der Waals surface area contributed by atoms with Crippen molar-refractivity contribution in [1.29, 1.82) is 0 Å². The maximum atomic E-state index is 13.6. The Bertz CT molecular complexity index is 1290. The molecule has 8 heteroatoms. The molecule has 0 fully saturated rings. The maximum absolute atomic E-state index is 13.6. The van der Waals surface area contributed by atoms with Crippen molar-refractivity contribution in [1.82, 2.24) is 4.98 Å². The fraction of sp³-hybridized carbons (Fsp3) is 0.269. The monoisotopic (exact) mass is 480 g/mol. The highest BCUT2D eigenvalue weighted by Crippen LogP contribution is 2.48. The van der Waals surface area contributed by atoms with E-state index in [9.17, 15) is 4.57 Å². The van der Waals surface area contributed by atoms with Crippen LogP contribution < -0.4 is 15.5 Å². The summed E-state index contributed by atoms with van der Waals surface area (Å²) in [4.78, 5) is 4.60. The van der Waals surface area contributed by atoms with Gasteiger partial charge in [0.05, 0.1) is 26.7 Å². The summed E-state index contributed by atoms with van der Waals surface area (Å²) < 4.78 is 36.1. The van der Waals surface area contributed by atoms with Crippen LogP contribution in [0.4, 0.5) is 5.88 Å². The van der Waals surface area contributed by atoms with Crippen molar-refractivity contribution < 1.29 is 22.8 Å². The van der Waals surface area contributed by atoms with E-state index >= 15 is 0 Å². The Morgan fingerprint density at radius 2 is 1.71 bits per heavy atom. The number of methoxy groups -OCH3 is 1. The second kappa shape index (κ2) is 10.9. The number of rotatable bonds is 11. The van der Waals surface area contributed by atoms with E-state index in [1.54, 1.807) is 21.0 Å². The van der Waals surface area contributed by atoms with E-state index in [1.165, 1.54) is 0 Å². The van der Waals surface area contributed by atoms with Crippen LogP contribution in [0.5, 0.6) is 5.75 Å². The van der Waals surface area contributed by atoms with Crippen LogP contribution in [0.1, 0.15) is 30.9 Å². The molecule has 0 aliphatic heterocycles. The molecule has 0 bridgehead atoms. The quantitative estimate of drug-likeness (QED) is 0.266. The maximum Gasteiger partial charge on any atom is 0.385 e. The third-order valence-corrected chi connectivity index (χ3v) is 7.34. The Balaban J connectivity index is 1.69. The number of benzene rings is 3. The molecular weight excluding hydrogens is 451 g/mol. The predicted octanol–water partition coefficient (Wildman–Crippen LogP) is 5.93. The van der Waals surface area contributed by atoms with Gasteiger partial charge in [-0.15, -0.1) is 0 Å². The summed E-state index contributed by atoms with van der Waals surface area (Å²) in [5.41, 5.74) is 2.20. The molecule has 7 nitrogen and oxygen atoms in total. The van der Waals surface area contributed by atoms with E-state index in [0.29, 0.717) is 18.9 Å². The van der Waals surface area contributed by atoms with Crippen LogP contribution in [0.25, 0.3) is 10.8 Å². The lowest BCUT2D eigenvalue weighted by atomic mass is 10.0. The zero-order chi connectivity index (χ0) is 24.0. The molecule has 3 aromatic carbocycles. The van der Waals surface area contributed by atoms with E-state index < -0.39 is 7.60 Å². The molecule has 0 saturated carbocycles. The molecule has 4 rings (SSSR count). The summed E-state index contributed by atoms with van der Waals surface area (Å²) >= 11 is 0. The van der Waals surface area contributed by atoms with Crippen molar-refractivity contribution in [3.63, 3.8) is 0 Å². The standard InChI is InChI=1S/C26H29N2O5P/c1-4-31-34(29,32-5-2)26-25(27-18-19-10-8-14-22(16-19)30-3)33-24(28-26)17-21-13-9-12-20-11-6-7-15-23(20)21/h6-16,27H,4-5,17-18H2,1-3H3. The molecule has 0 spiro atoms. The largest absolute Gasteiger partial charge is 0.497 e. The Morgan fingerprint density at radius 1 is 0.971 bits per heavy atom. The van der Waals surface area contributed by atoms with Crippen molar-refractivity contribution in [2.45, 2.75) is 26.8 Å². The van der Waals surface area contributed by atoms with Gasteiger partial charge >= 0.3 is 7.60 Å². The molecule has 0 radical (unpaired) electrons. The van der Waals surface area contributed by atoms with Gasteiger partial charge in [0.2, 0.25) is 17.2 Å². The number of hydrogen-bond donors (Lipinski definition) is 1. The first-order chi connectivity index (χ1) is 16.6. The average molecular weight is 481 g/mol. The van der Waals surface area contributed by atoms with Crippen LogP contribution in [-0.2, 0) is 26.6 Å². The van der Waals surface area contributed by atoms with Gasteiger partial charge in [-0.2, -0.15) is 0 Å². The molecule has 0 atom stereocenters. The number of nitrogens with one attached hydrogen (secondary N) is 1. The van der Waals surface area contributed by atoms with Crippen LogP contribution in [0.3, 0.4) is 0 Å². The highest BCUT2D eigenvalue weighted by molar-refractivity contribution is 7.62. The topological polar surface area (TPSA) is 82.8 Å². The molecule has 1 N–H and O–H groups in total. The van der Waals surface area contributed by atoms with E-state index in [0.717, 1.165) is 27.6 Å². The number of fused-ring (bicyclic) bond motifs is 1. The van der Waals surface area contributed by atoms with Gasteiger partial charge in [-0.3, -0.25) is 4.57 Å². The van der Waals surface area contributed by atoms with Crippen LogP contribution in [-0.4, -0.2) is 25.3 Å². The van der Waals surface area contributed by atoms with Crippen molar-refractivity contribution in [2.24, 2.45) is 0 Å². The fourth-order valence-electron chi connectivity index (χ4n) is 3.81. The van der Waals surface area contributed by atoms with Gasteiger partial charge < -0.3 is 23.5 Å². The molecule has 0 aliphatic rings. The number of oxazole rings is 1.